The second kappa shape index (κ2) is 7.01. The van der Waals surface area contributed by atoms with Crippen LogP contribution >= 0.6 is 0 Å². The molecule has 4 nitrogen and oxygen atoms in total. The summed E-state index contributed by atoms with van der Waals surface area (Å²) in [6.45, 7) is 7.10. The van der Waals surface area contributed by atoms with E-state index >= 15 is 0 Å². The van der Waals surface area contributed by atoms with Crippen molar-refractivity contribution in [1.29, 1.82) is 0 Å². The van der Waals surface area contributed by atoms with Crippen LogP contribution in [0.15, 0.2) is 18.2 Å². The first-order valence-corrected chi connectivity index (χ1v) is 6.27. The molecule has 0 radical (unpaired) electrons. The van der Waals surface area contributed by atoms with Gasteiger partial charge < -0.3 is 15.4 Å². The van der Waals surface area contributed by atoms with E-state index in [1.165, 1.54) is 0 Å². The van der Waals surface area contributed by atoms with Crippen LogP contribution in [0.2, 0.25) is 0 Å². The van der Waals surface area contributed by atoms with Crippen molar-refractivity contribution in [2.45, 2.75) is 33.3 Å². The van der Waals surface area contributed by atoms with E-state index in [-0.39, 0.29) is 6.10 Å². The molecule has 0 saturated heterocycles. The third-order valence-corrected chi connectivity index (χ3v) is 2.52. The van der Waals surface area contributed by atoms with E-state index in [1.54, 1.807) is 4.90 Å². The molecule has 0 aliphatic carbocycles. The number of carbonyl (C=O) groups is 1. The Morgan fingerprint density at radius 3 is 2.72 bits per heavy atom. The van der Waals surface area contributed by atoms with E-state index in [1.807, 2.05) is 39.0 Å². The minimum Gasteiger partial charge on any atom is -0.489 e. The average molecular weight is 250 g/mol. The molecule has 1 rings (SSSR count). The Balaban J connectivity index is 3.01. The maximum absolute atomic E-state index is 11.2. The zero-order chi connectivity index (χ0) is 13.5. The first kappa shape index (κ1) is 14.5. The van der Waals surface area contributed by atoms with Crippen LogP contribution in [0.1, 0.15) is 25.8 Å². The van der Waals surface area contributed by atoms with Gasteiger partial charge in [-0.1, -0.05) is 6.07 Å². The van der Waals surface area contributed by atoms with Gasteiger partial charge >= 0.3 is 0 Å². The van der Waals surface area contributed by atoms with Crippen molar-refractivity contribution in [2.75, 3.05) is 18.0 Å². The summed E-state index contributed by atoms with van der Waals surface area (Å²) in [7, 11) is 0. The summed E-state index contributed by atoms with van der Waals surface area (Å²) in [6.07, 6.45) is 1.68. The van der Waals surface area contributed by atoms with Gasteiger partial charge in [0.2, 0.25) is 6.41 Å². The number of ether oxygens (including phenoxy) is 1. The minimum absolute atomic E-state index is 0.0782. The highest BCUT2D eigenvalue weighted by Crippen LogP contribution is 2.29. The second-order valence-corrected chi connectivity index (χ2v) is 4.58. The standard InChI is InChI=1S/C14H22N2O2/c1-11(2)18-14-6-5-12(3)9-13(14)16(10-17)8-4-7-15/h5-6,9-11H,4,7-8,15H2,1-3H3. The number of benzene rings is 1. The average Bonchev–Trinajstić information content (AvgIpc) is 2.33. The van der Waals surface area contributed by atoms with Gasteiger partial charge in [0, 0.05) is 6.54 Å². The number of aryl methyl sites for hydroxylation is 1. The molecule has 0 spiro atoms. The Morgan fingerprint density at radius 2 is 2.17 bits per heavy atom. The highest BCUT2D eigenvalue weighted by molar-refractivity contribution is 5.79. The first-order chi connectivity index (χ1) is 8.58. The van der Waals surface area contributed by atoms with E-state index < -0.39 is 0 Å². The monoisotopic (exact) mass is 250 g/mol. The lowest BCUT2D eigenvalue weighted by atomic mass is 10.2. The zero-order valence-corrected chi connectivity index (χ0v) is 11.3. The number of rotatable bonds is 7. The number of amides is 1. The Hall–Kier alpha value is -1.55. The van der Waals surface area contributed by atoms with Crippen molar-refractivity contribution >= 4 is 12.1 Å². The normalized spacial score (nSPS) is 10.5. The van der Waals surface area contributed by atoms with Crippen molar-refractivity contribution < 1.29 is 9.53 Å². The zero-order valence-electron chi connectivity index (χ0n) is 11.3. The van der Waals surface area contributed by atoms with E-state index in [9.17, 15) is 4.79 Å². The van der Waals surface area contributed by atoms with E-state index in [2.05, 4.69) is 0 Å². The Labute approximate surface area is 109 Å². The van der Waals surface area contributed by atoms with E-state index in [0.717, 1.165) is 29.8 Å². The predicted molar refractivity (Wildman–Crippen MR) is 74.0 cm³/mol. The number of anilines is 1. The smallest absolute Gasteiger partial charge is 0.214 e. The van der Waals surface area contributed by atoms with Gasteiger partial charge in [-0.2, -0.15) is 0 Å². The van der Waals surface area contributed by atoms with Crippen molar-refractivity contribution in [3.8, 4) is 5.75 Å². The third kappa shape index (κ3) is 4.04. The summed E-state index contributed by atoms with van der Waals surface area (Å²) in [5.74, 6) is 0.736. The summed E-state index contributed by atoms with van der Waals surface area (Å²) in [5, 5.41) is 0. The molecular formula is C14H22N2O2. The van der Waals surface area contributed by atoms with Gasteiger partial charge in [-0.3, -0.25) is 4.79 Å². The SMILES string of the molecule is Cc1ccc(OC(C)C)c(N(C=O)CCCN)c1. The van der Waals surface area contributed by atoms with Crippen molar-refractivity contribution in [1.82, 2.24) is 0 Å². The molecule has 1 aromatic rings. The molecule has 0 heterocycles. The molecule has 18 heavy (non-hydrogen) atoms. The molecule has 0 fully saturated rings. The van der Waals surface area contributed by atoms with E-state index in [0.29, 0.717) is 13.1 Å². The van der Waals surface area contributed by atoms with Crippen molar-refractivity contribution in [2.24, 2.45) is 5.73 Å². The van der Waals surface area contributed by atoms with Gasteiger partial charge in [0.15, 0.2) is 0 Å². The molecular weight excluding hydrogens is 228 g/mol. The summed E-state index contributed by atoms with van der Waals surface area (Å²) in [6, 6.07) is 5.85. The third-order valence-electron chi connectivity index (χ3n) is 2.52. The summed E-state index contributed by atoms with van der Waals surface area (Å²) >= 11 is 0. The number of hydrogen-bond acceptors (Lipinski definition) is 3. The predicted octanol–water partition coefficient (Wildman–Crippen LogP) is 2.09. The number of nitrogens with two attached hydrogens (primary N) is 1. The lowest BCUT2D eigenvalue weighted by molar-refractivity contribution is -0.107. The fourth-order valence-electron chi connectivity index (χ4n) is 1.70. The molecule has 0 aliphatic rings. The minimum atomic E-state index is 0.0782. The topological polar surface area (TPSA) is 55.6 Å². The molecule has 4 heteroatoms. The molecule has 0 atom stereocenters. The molecule has 1 amide bonds. The summed E-state index contributed by atoms with van der Waals surface area (Å²) < 4.78 is 5.73. The maximum Gasteiger partial charge on any atom is 0.214 e. The van der Waals surface area contributed by atoms with Crippen molar-refractivity contribution in [3.05, 3.63) is 23.8 Å². The Kier molecular flexibility index (Phi) is 5.65. The Bertz CT molecular complexity index is 391. The van der Waals surface area contributed by atoms with Crippen LogP contribution < -0.4 is 15.4 Å². The van der Waals surface area contributed by atoms with Crippen LogP contribution in [-0.4, -0.2) is 25.6 Å². The molecule has 100 valence electrons. The Morgan fingerprint density at radius 1 is 1.44 bits per heavy atom. The van der Waals surface area contributed by atoms with Gasteiger partial charge in [0.1, 0.15) is 5.75 Å². The lowest BCUT2D eigenvalue weighted by Gasteiger charge is -2.22. The molecule has 1 aromatic carbocycles. The lowest BCUT2D eigenvalue weighted by Crippen LogP contribution is -2.25. The summed E-state index contributed by atoms with van der Waals surface area (Å²) in [4.78, 5) is 12.8. The number of nitrogens with zero attached hydrogens (tertiary/aromatic N) is 1. The van der Waals surface area contributed by atoms with Gasteiger partial charge in [-0.25, -0.2) is 0 Å². The quantitative estimate of drug-likeness (QED) is 0.754. The molecule has 0 bridgehead atoms. The molecule has 0 unspecified atom stereocenters. The molecule has 0 aliphatic heterocycles. The van der Waals surface area contributed by atoms with Gasteiger partial charge in [0.25, 0.3) is 0 Å². The second-order valence-electron chi connectivity index (χ2n) is 4.58. The van der Waals surface area contributed by atoms with Crippen LogP contribution in [0.3, 0.4) is 0 Å². The number of hydrogen-bond donors (Lipinski definition) is 1. The van der Waals surface area contributed by atoms with Gasteiger partial charge in [-0.05, 0) is 51.4 Å². The van der Waals surface area contributed by atoms with Gasteiger partial charge in [-0.15, -0.1) is 0 Å². The van der Waals surface area contributed by atoms with E-state index in [4.69, 9.17) is 10.5 Å². The van der Waals surface area contributed by atoms with Gasteiger partial charge in [0.05, 0.1) is 11.8 Å². The maximum atomic E-state index is 11.2. The fraction of sp³-hybridized carbons (Fsp3) is 0.500. The van der Waals surface area contributed by atoms with Crippen LogP contribution in [0.5, 0.6) is 5.75 Å². The van der Waals surface area contributed by atoms with Crippen molar-refractivity contribution in [3.63, 3.8) is 0 Å². The molecule has 0 aromatic heterocycles. The fourth-order valence-corrected chi connectivity index (χ4v) is 1.70. The largest absolute Gasteiger partial charge is 0.489 e. The highest BCUT2D eigenvalue weighted by atomic mass is 16.5. The number of carbonyl (C=O) groups excluding carboxylic acids is 1. The highest BCUT2D eigenvalue weighted by Gasteiger charge is 2.12. The summed E-state index contributed by atoms with van der Waals surface area (Å²) in [5.41, 5.74) is 7.39. The molecule has 0 saturated carbocycles. The van der Waals surface area contributed by atoms with Crippen LogP contribution in [0.4, 0.5) is 5.69 Å². The van der Waals surface area contributed by atoms with Crippen LogP contribution in [0.25, 0.3) is 0 Å². The first-order valence-electron chi connectivity index (χ1n) is 6.27. The molecule has 2 N–H and O–H groups in total. The van der Waals surface area contributed by atoms with Crippen LogP contribution in [-0.2, 0) is 4.79 Å². The van der Waals surface area contributed by atoms with Crippen LogP contribution in [0, 0.1) is 6.92 Å².